The van der Waals surface area contributed by atoms with E-state index in [0.29, 0.717) is 30.4 Å². The highest BCUT2D eigenvalue weighted by atomic mass is 32.2. The SMILES string of the molecule is Cc1cc(N2C[C@H](S(=O)(=O)c3ccc(OCC(F)(F)F)cc3C(F)(F)F)C[C@@H]2OC(=O)NC2(C#N)CC2)n(C(C)C)n1. The molecular formula is C25H27F6N5O5S. The zero-order valence-electron chi connectivity index (χ0n) is 22.6. The maximum Gasteiger partial charge on any atom is 0.422 e. The van der Waals surface area contributed by atoms with Gasteiger partial charge in [-0.25, -0.2) is 17.9 Å². The van der Waals surface area contributed by atoms with Crippen LogP contribution in [0.3, 0.4) is 0 Å². The van der Waals surface area contributed by atoms with Gasteiger partial charge in [-0.05, 0) is 51.8 Å². The summed E-state index contributed by atoms with van der Waals surface area (Å²) in [6.07, 6.45) is -12.0. The number of alkyl carbamates (subject to hydrolysis) is 1. The van der Waals surface area contributed by atoms with Gasteiger partial charge in [0.25, 0.3) is 0 Å². The van der Waals surface area contributed by atoms with Crippen molar-refractivity contribution in [3.8, 4) is 11.8 Å². The first-order chi connectivity index (χ1) is 19.3. The second-order valence-corrected chi connectivity index (χ2v) is 12.7. The molecule has 1 aliphatic carbocycles. The molecule has 1 saturated heterocycles. The first-order valence-electron chi connectivity index (χ1n) is 12.7. The normalized spacial score (nSPS) is 20.4. The zero-order chi connectivity index (χ0) is 31.3. The van der Waals surface area contributed by atoms with Crippen LogP contribution in [0.15, 0.2) is 29.2 Å². The third kappa shape index (κ3) is 6.69. The van der Waals surface area contributed by atoms with E-state index in [4.69, 9.17) is 4.74 Å². The maximum absolute atomic E-state index is 14.0. The molecule has 0 radical (unpaired) electrons. The lowest BCUT2D eigenvalue weighted by atomic mass is 10.2. The van der Waals surface area contributed by atoms with Crippen LogP contribution in [0.1, 0.15) is 50.4 Å². The second kappa shape index (κ2) is 10.9. The molecule has 1 aromatic carbocycles. The quantitative estimate of drug-likeness (QED) is 0.412. The molecule has 1 N–H and O–H groups in total. The Balaban J connectivity index is 1.69. The van der Waals surface area contributed by atoms with Gasteiger partial charge in [-0.15, -0.1) is 0 Å². The van der Waals surface area contributed by atoms with E-state index in [-0.39, 0.29) is 12.1 Å². The molecule has 1 aliphatic heterocycles. The molecule has 230 valence electrons. The third-order valence-corrected chi connectivity index (χ3v) is 8.98. The van der Waals surface area contributed by atoms with E-state index in [0.717, 1.165) is 6.07 Å². The van der Waals surface area contributed by atoms with Crippen LogP contribution in [0.4, 0.5) is 37.0 Å². The molecule has 1 saturated carbocycles. The predicted octanol–water partition coefficient (Wildman–Crippen LogP) is 4.89. The highest BCUT2D eigenvalue weighted by molar-refractivity contribution is 7.92. The van der Waals surface area contributed by atoms with Crippen molar-refractivity contribution in [2.45, 2.75) is 80.3 Å². The summed E-state index contributed by atoms with van der Waals surface area (Å²) in [5, 5.41) is 14.6. The molecule has 42 heavy (non-hydrogen) atoms. The highest BCUT2D eigenvalue weighted by Gasteiger charge is 2.49. The molecule has 2 fully saturated rings. The molecule has 0 spiro atoms. The number of carbonyl (C=O) groups excluding carboxylic acids is 1. The van der Waals surface area contributed by atoms with Gasteiger partial charge >= 0.3 is 18.4 Å². The summed E-state index contributed by atoms with van der Waals surface area (Å²) in [6, 6.07) is 4.82. The Kier molecular flexibility index (Phi) is 8.09. The fraction of sp³-hybridized carbons (Fsp3) is 0.560. The number of hydrogen-bond donors (Lipinski definition) is 1. The number of sulfone groups is 1. The Morgan fingerprint density at radius 1 is 1.21 bits per heavy atom. The number of aromatic nitrogens is 2. The molecule has 0 unspecified atom stereocenters. The summed E-state index contributed by atoms with van der Waals surface area (Å²) < 4.78 is 118. The van der Waals surface area contributed by atoms with Gasteiger partial charge in [-0.2, -0.15) is 36.7 Å². The highest BCUT2D eigenvalue weighted by Crippen LogP contribution is 2.41. The molecule has 2 atom stereocenters. The molecule has 0 bridgehead atoms. The van der Waals surface area contributed by atoms with E-state index in [2.05, 4.69) is 15.2 Å². The average Bonchev–Trinajstić information content (AvgIpc) is 3.33. The topological polar surface area (TPSA) is 127 Å². The molecule has 1 aromatic heterocycles. The monoisotopic (exact) mass is 623 g/mol. The van der Waals surface area contributed by atoms with Gasteiger partial charge in [0, 0.05) is 25.1 Å². The molecule has 17 heteroatoms. The number of halogens is 6. The van der Waals surface area contributed by atoms with E-state index in [1.165, 1.54) is 4.90 Å². The van der Waals surface area contributed by atoms with Crippen LogP contribution >= 0.6 is 0 Å². The Hall–Kier alpha value is -3.68. The van der Waals surface area contributed by atoms with Crippen molar-refractivity contribution < 1.29 is 49.0 Å². The number of nitrogens with zero attached hydrogens (tertiary/aromatic N) is 4. The van der Waals surface area contributed by atoms with Crippen LogP contribution in [0, 0.1) is 18.3 Å². The molecular weight excluding hydrogens is 596 g/mol. The fourth-order valence-electron chi connectivity index (χ4n) is 4.59. The predicted molar refractivity (Wildman–Crippen MR) is 134 cm³/mol. The number of nitrogens with one attached hydrogen (secondary N) is 1. The summed E-state index contributed by atoms with van der Waals surface area (Å²) >= 11 is 0. The lowest BCUT2D eigenvalue weighted by Crippen LogP contribution is -2.42. The summed E-state index contributed by atoms with van der Waals surface area (Å²) in [4.78, 5) is 12.9. The minimum Gasteiger partial charge on any atom is -0.484 e. The minimum atomic E-state index is -5.25. The van der Waals surface area contributed by atoms with Gasteiger partial charge in [0.1, 0.15) is 17.1 Å². The van der Waals surface area contributed by atoms with E-state index in [9.17, 15) is 44.8 Å². The Morgan fingerprint density at radius 2 is 1.88 bits per heavy atom. The average molecular weight is 624 g/mol. The minimum absolute atomic E-state index is 0.209. The van der Waals surface area contributed by atoms with Crippen LogP contribution in [0.5, 0.6) is 5.75 Å². The zero-order valence-corrected chi connectivity index (χ0v) is 23.4. The smallest absolute Gasteiger partial charge is 0.422 e. The number of aryl methyl sites for hydroxylation is 1. The van der Waals surface area contributed by atoms with Gasteiger partial charge < -0.3 is 19.7 Å². The maximum atomic E-state index is 14.0. The van der Waals surface area contributed by atoms with Gasteiger partial charge in [-0.3, -0.25) is 0 Å². The molecule has 2 aromatic rings. The number of ether oxygens (including phenoxy) is 2. The number of nitriles is 1. The van der Waals surface area contributed by atoms with E-state index < -0.39 is 81.1 Å². The number of carbonyl (C=O) groups is 1. The molecule has 10 nitrogen and oxygen atoms in total. The number of rotatable bonds is 8. The van der Waals surface area contributed by atoms with Crippen molar-refractivity contribution in [1.82, 2.24) is 15.1 Å². The van der Waals surface area contributed by atoms with Crippen molar-refractivity contribution in [2.75, 3.05) is 18.1 Å². The van der Waals surface area contributed by atoms with Crippen LogP contribution in [-0.2, 0) is 20.8 Å². The Bertz CT molecular complexity index is 1490. The largest absolute Gasteiger partial charge is 0.484 e. The van der Waals surface area contributed by atoms with Gasteiger partial charge in [0.05, 0.1) is 27.5 Å². The van der Waals surface area contributed by atoms with Crippen molar-refractivity contribution >= 4 is 21.7 Å². The molecule has 1 amide bonds. The van der Waals surface area contributed by atoms with E-state index in [1.54, 1.807) is 31.5 Å². The first-order valence-corrected chi connectivity index (χ1v) is 14.3. The van der Waals surface area contributed by atoms with Gasteiger partial charge in [0.2, 0.25) is 0 Å². The number of benzene rings is 1. The van der Waals surface area contributed by atoms with Crippen molar-refractivity contribution in [3.63, 3.8) is 0 Å². The molecule has 2 heterocycles. The number of amides is 1. The summed E-state index contributed by atoms with van der Waals surface area (Å²) in [6.45, 7) is 3.00. The third-order valence-electron chi connectivity index (χ3n) is 6.79. The standard InChI is InChI=1S/C25H27F6N5O5S/c1-14(2)36-20(8-15(3)34-36)35-11-17(10-21(35)41-22(37)33-23(12-32)6-7-23)42(38,39)19-5-4-16(40-13-24(26,27)28)9-18(19)25(29,30)31/h4-5,8-9,14,17,21H,6-7,10-11,13H2,1-3H3,(H,33,37)/t17-,21+/m1/s1. The van der Waals surface area contributed by atoms with Crippen LogP contribution in [-0.4, -0.2) is 60.6 Å². The van der Waals surface area contributed by atoms with Crippen LogP contribution < -0.4 is 15.0 Å². The van der Waals surface area contributed by atoms with E-state index in [1.807, 2.05) is 6.07 Å². The molecule has 4 rings (SSSR count). The van der Waals surface area contributed by atoms with Gasteiger partial charge in [-0.1, -0.05) is 0 Å². The van der Waals surface area contributed by atoms with Crippen molar-refractivity contribution in [2.24, 2.45) is 0 Å². The fourth-order valence-corrected chi connectivity index (χ4v) is 6.46. The number of hydrogen-bond acceptors (Lipinski definition) is 8. The summed E-state index contributed by atoms with van der Waals surface area (Å²) in [5.41, 5.74) is -2.24. The summed E-state index contributed by atoms with van der Waals surface area (Å²) in [5.74, 6) is -0.460. The Morgan fingerprint density at radius 3 is 2.43 bits per heavy atom. The van der Waals surface area contributed by atoms with Crippen molar-refractivity contribution in [3.05, 3.63) is 35.5 Å². The number of anilines is 1. The Labute approximate surface area is 237 Å². The second-order valence-electron chi connectivity index (χ2n) is 10.5. The lowest BCUT2D eigenvalue weighted by molar-refractivity contribution is -0.153. The first kappa shape index (κ1) is 31.3. The number of alkyl halides is 6. The van der Waals surface area contributed by atoms with Crippen LogP contribution in [0.2, 0.25) is 0 Å². The van der Waals surface area contributed by atoms with Gasteiger partial charge in [0.15, 0.2) is 22.7 Å². The van der Waals surface area contributed by atoms with E-state index >= 15 is 0 Å². The molecule has 2 aliphatic rings. The van der Waals surface area contributed by atoms with Crippen molar-refractivity contribution in [1.29, 1.82) is 5.26 Å². The summed E-state index contributed by atoms with van der Waals surface area (Å²) in [7, 11) is -4.81. The van der Waals surface area contributed by atoms with Crippen LogP contribution in [0.25, 0.3) is 0 Å². The lowest BCUT2D eigenvalue weighted by Gasteiger charge is -2.27.